The smallest absolute Gasteiger partial charge is 0.229 e. The van der Waals surface area contributed by atoms with Crippen molar-refractivity contribution >= 4 is 0 Å². The SMILES string of the molecule is CC1CC(c2nc(CCN)no2)C1. The molecule has 1 aliphatic carbocycles. The van der Waals surface area contributed by atoms with E-state index in [1.54, 1.807) is 0 Å². The molecule has 0 spiro atoms. The van der Waals surface area contributed by atoms with Gasteiger partial charge in [0.05, 0.1) is 0 Å². The summed E-state index contributed by atoms with van der Waals surface area (Å²) in [5.74, 6) is 2.88. The van der Waals surface area contributed by atoms with Gasteiger partial charge in [-0.05, 0) is 25.3 Å². The van der Waals surface area contributed by atoms with Crippen molar-refractivity contribution in [2.24, 2.45) is 11.7 Å². The monoisotopic (exact) mass is 181 g/mol. The van der Waals surface area contributed by atoms with Crippen LogP contribution in [0.15, 0.2) is 4.52 Å². The zero-order valence-electron chi connectivity index (χ0n) is 7.86. The Morgan fingerprint density at radius 2 is 2.31 bits per heavy atom. The van der Waals surface area contributed by atoms with Gasteiger partial charge in [-0.3, -0.25) is 0 Å². The molecule has 1 heterocycles. The van der Waals surface area contributed by atoms with Crippen molar-refractivity contribution in [3.05, 3.63) is 11.7 Å². The van der Waals surface area contributed by atoms with Crippen LogP contribution >= 0.6 is 0 Å². The summed E-state index contributed by atoms with van der Waals surface area (Å²) in [7, 11) is 0. The highest BCUT2D eigenvalue weighted by Gasteiger charge is 2.31. The number of nitrogens with zero attached hydrogens (tertiary/aromatic N) is 2. The highest BCUT2D eigenvalue weighted by atomic mass is 16.5. The highest BCUT2D eigenvalue weighted by molar-refractivity contribution is 5.00. The van der Waals surface area contributed by atoms with Gasteiger partial charge >= 0.3 is 0 Å². The molecule has 1 fully saturated rings. The molecule has 0 saturated heterocycles. The summed E-state index contributed by atoms with van der Waals surface area (Å²) >= 11 is 0. The molecule has 4 heteroatoms. The average molecular weight is 181 g/mol. The van der Waals surface area contributed by atoms with Crippen molar-refractivity contribution in [2.45, 2.75) is 32.1 Å². The maximum absolute atomic E-state index is 5.39. The summed E-state index contributed by atoms with van der Waals surface area (Å²) in [6, 6.07) is 0. The van der Waals surface area contributed by atoms with Gasteiger partial charge in [-0.1, -0.05) is 12.1 Å². The van der Waals surface area contributed by atoms with Gasteiger partial charge < -0.3 is 10.3 Å². The molecular formula is C9H15N3O. The molecule has 0 bridgehead atoms. The molecule has 1 aliphatic rings. The van der Waals surface area contributed by atoms with Crippen LogP contribution in [0.2, 0.25) is 0 Å². The van der Waals surface area contributed by atoms with Gasteiger partial charge in [0.1, 0.15) is 0 Å². The number of hydrogen-bond donors (Lipinski definition) is 1. The van der Waals surface area contributed by atoms with Crippen LogP contribution in [0, 0.1) is 5.92 Å². The van der Waals surface area contributed by atoms with E-state index in [-0.39, 0.29) is 0 Å². The molecule has 0 amide bonds. The topological polar surface area (TPSA) is 64.9 Å². The Morgan fingerprint density at radius 3 is 2.92 bits per heavy atom. The first-order valence-electron chi connectivity index (χ1n) is 4.82. The molecule has 0 atom stereocenters. The third kappa shape index (κ3) is 1.72. The van der Waals surface area contributed by atoms with Gasteiger partial charge in [-0.15, -0.1) is 0 Å². The predicted octanol–water partition coefficient (Wildman–Crippen LogP) is 1.08. The van der Waals surface area contributed by atoms with E-state index in [0.29, 0.717) is 18.9 Å². The van der Waals surface area contributed by atoms with Crippen molar-refractivity contribution in [1.29, 1.82) is 0 Å². The summed E-state index contributed by atoms with van der Waals surface area (Å²) in [6.07, 6.45) is 3.08. The van der Waals surface area contributed by atoms with Crippen molar-refractivity contribution < 1.29 is 4.52 Å². The second kappa shape index (κ2) is 3.46. The molecule has 1 aromatic heterocycles. The fraction of sp³-hybridized carbons (Fsp3) is 0.778. The summed E-state index contributed by atoms with van der Waals surface area (Å²) in [5.41, 5.74) is 5.39. The molecule has 0 aliphatic heterocycles. The van der Waals surface area contributed by atoms with E-state index in [9.17, 15) is 0 Å². The van der Waals surface area contributed by atoms with E-state index in [0.717, 1.165) is 17.6 Å². The van der Waals surface area contributed by atoms with Crippen LogP contribution in [0.5, 0.6) is 0 Å². The molecular weight excluding hydrogens is 166 g/mol. The Hall–Kier alpha value is -0.900. The third-order valence-corrected chi connectivity index (χ3v) is 2.57. The summed E-state index contributed by atoms with van der Waals surface area (Å²) < 4.78 is 5.15. The fourth-order valence-electron chi connectivity index (χ4n) is 1.77. The second-order valence-electron chi connectivity index (χ2n) is 3.86. The van der Waals surface area contributed by atoms with Crippen molar-refractivity contribution in [3.63, 3.8) is 0 Å². The first kappa shape index (κ1) is 8.69. The number of aromatic nitrogens is 2. The summed E-state index contributed by atoms with van der Waals surface area (Å²) in [6.45, 7) is 2.83. The normalized spacial score (nSPS) is 27.2. The van der Waals surface area contributed by atoms with Gasteiger partial charge in [0.15, 0.2) is 5.82 Å². The largest absolute Gasteiger partial charge is 0.339 e. The van der Waals surface area contributed by atoms with Crippen LogP contribution in [-0.2, 0) is 6.42 Å². The molecule has 4 nitrogen and oxygen atoms in total. The minimum Gasteiger partial charge on any atom is -0.339 e. The highest BCUT2D eigenvalue weighted by Crippen LogP contribution is 2.40. The minimum atomic E-state index is 0.508. The van der Waals surface area contributed by atoms with Crippen molar-refractivity contribution in [2.75, 3.05) is 6.54 Å². The number of hydrogen-bond acceptors (Lipinski definition) is 4. The quantitative estimate of drug-likeness (QED) is 0.758. The van der Waals surface area contributed by atoms with Crippen LogP contribution < -0.4 is 5.73 Å². The maximum Gasteiger partial charge on any atom is 0.229 e. The van der Waals surface area contributed by atoms with Gasteiger partial charge in [0, 0.05) is 12.3 Å². The Morgan fingerprint density at radius 1 is 1.54 bits per heavy atom. The van der Waals surface area contributed by atoms with E-state index in [2.05, 4.69) is 17.1 Å². The Bertz CT molecular complexity index is 278. The zero-order chi connectivity index (χ0) is 9.26. The van der Waals surface area contributed by atoms with Crippen molar-refractivity contribution in [1.82, 2.24) is 10.1 Å². The molecule has 0 unspecified atom stereocenters. The van der Waals surface area contributed by atoms with Gasteiger partial charge in [-0.2, -0.15) is 4.98 Å². The van der Waals surface area contributed by atoms with Crippen LogP contribution in [0.3, 0.4) is 0 Å². The molecule has 2 rings (SSSR count). The Labute approximate surface area is 77.5 Å². The molecule has 1 saturated carbocycles. The zero-order valence-corrected chi connectivity index (χ0v) is 7.86. The Kier molecular flexibility index (Phi) is 2.31. The van der Waals surface area contributed by atoms with E-state index in [1.165, 1.54) is 12.8 Å². The van der Waals surface area contributed by atoms with Crippen LogP contribution in [-0.4, -0.2) is 16.7 Å². The van der Waals surface area contributed by atoms with E-state index >= 15 is 0 Å². The standard InChI is InChI=1S/C9H15N3O/c1-6-4-7(5-6)9-11-8(2-3-10)12-13-9/h6-7H,2-5,10H2,1H3. The average Bonchev–Trinajstić information content (AvgIpc) is 2.48. The van der Waals surface area contributed by atoms with Crippen LogP contribution in [0.25, 0.3) is 0 Å². The number of nitrogens with two attached hydrogens (primary N) is 1. The Balaban J connectivity index is 1.97. The molecule has 72 valence electrons. The van der Waals surface area contributed by atoms with E-state index in [1.807, 2.05) is 0 Å². The number of rotatable bonds is 3. The van der Waals surface area contributed by atoms with Gasteiger partial charge in [0.25, 0.3) is 0 Å². The molecule has 13 heavy (non-hydrogen) atoms. The molecule has 0 radical (unpaired) electrons. The van der Waals surface area contributed by atoms with Crippen molar-refractivity contribution in [3.8, 4) is 0 Å². The molecule has 2 N–H and O–H groups in total. The molecule has 1 aromatic rings. The summed E-state index contributed by atoms with van der Waals surface area (Å²) in [4.78, 5) is 4.30. The van der Waals surface area contributed by atoms with Crippen LogP contribution in [0.4, 0.5) is 0 Å². The second-order valence-corrected chi connectivity index (χ2v) is 3.86. The maximum atomic E-state index is 5.39. The lowest BCUT2D eigenvalue weighted by molar-refractivity contribution is 0.227. The minimum absolute atomic E-state index is 0.508. The van der Waals surface area contributed by atoms with Gasteiger partial charge in [0.2, 0.25) is 5.89 Å². The third-order valence-electron chi connectivity index (χ3n) is 2.57. The first-order valence-corrected chi connectivity index (χ1v) is 4.82. The van der Waals surface area contributed by atoms with Crippen LogP contribution in [0.1, 0.15) is 37.4 Å². The lowest BCUT2D eigenvalue weighted by Crippen LogP contribution is -2.19. The predicted molar refractivity (Wildman–Crippen MR) is 48.2 cm³/mol. The first-order chi connectivity index (χ1) is 6.29. The van der Waals surface area contributed by atoms with E-state index < -0.39 is 0 Å². The fourth-order valence-corrected chi connectivity index (χ4v) is 1.77. The lowest BCUT2D eigenvalue weighted by atomic mass is 9.76. The molecule has 0 aromatic carbocycles. The summed E-state index contributed by atoms with van der Waals surface area (Å²) in [5, 5.41) is 3.87. The lowest BCUT2D eigenvalue weighted by Gasteiger charge is -2.29. The van der Waals surface area contributed by atoms with Gasteiger partial charge in [-0.25, -0.2) is 0 Å². The van der Waals surface area contributed by atoms with E-state index in [4.69, 9.17) is 10.3 Å².